The van der Waals surface area contributed by atoms with Gasteiger partial charge in [0.15, 0.2) is 0 Å². The zero-order valence-corrected chi connectivity index (χ0v) is 18.1. The molecule has 1 aliphatic heterocycles. The molecule has 0 aromatic heterocycles. The molecule has 0 aliphatic carbocycles. The van der Waals surface area contributed by atoms with Gasteiger partial charge in [-0.05, 0) is 42.2 Å². The smallest absolute Gasteiger partial charge is 0.236 e. The summed E-state index contributed by atoms with van der Waals surface area (Å²) in [5.74, 6) is 1.43. The van der Waals surface area contributed by atoms with Crippen molar-refractivity contribution in [3.05, 3.63) is 65.7 Å². The van der Waals surface area contributed by atoms with E-state index in [1.165, 1.54) is 5.56 Å². The predicted molar refractivity (Wildman–Crippen MR) is 121 cm³/mol. The van der Waals surface area contributed by atoms with Gasteiger partial charge in [0.1, 0.15) is 0 Å². The van der Waals surface area contributed by atoms with Gasteiger partial charge in [0.2, 0.25) is 5.91 Å². The first-order valence-corrected chi connectivity index (χ1v) is 11.3. The molecule has 1 atom stereocenters. The van der Waals surface area contributed by atoms with E-state index >= 15 is 0 Å². The Bertz CT molecular complexity index is 829. The highest BCUT2D eigenvalue weighted by molar-refractivity contribution is 7.99. The van der Waals surface area contributed by atoms with Crippen LogP contribution in [0.3, 0.4) is 0 Å². The van der Waals surface area contributed by atoms with Crippen LogP contribution in [-0.2, 0) is 10.5 Å². The second-order valence-electron chi connectivity index (χ2n) is 7.79. The third-order valence-electron chi connectivity index (χ3n) is 5.29. The molecule has 1 amide bonds. The predicted octanol–water partition coefficient (Wildman–Crippen LogP) is 4.55. The monoisotopic (exact) mass is 407 g/mol. The van der Waals surface area contributed by atoms with E-state index in [0.717, 1.165) is 44.0 Å². The average molecular weight is 408 g/mol. The van der Waals surface area contributed by atoms with Crippen LogP contribution in [0.25, 0.3) is 0 Å². The molecular weight excluding hydrogens is 378 g/mol. The second kappa shape index (κ2) is 10.4. The molecule has 1 unspecified atom stereocenters. The molecule has 1 aliphatic rings. The highest BCUT2D eigenvalue weighted by atomic mass is 32.2. The van der Waals surface area contributed by atoms with Gasteiger partial charge in [-0.2, -0.15) is 5.26 Å². The Hall–Kier alpha value is -2.45. The normalized spacial score (nSPS) is 15.7. The maximum Gasteiger partial charge on any atom is 0.236 e. The quantitative estimate of drug-likeness (QED) is 0.705. The molecule has 4 nitrogen and oxygen atoms in total. The maximum atomic E-state index is 13.3. The molecule has 0 N–H and O–H groups in total. The molecule has 0 spiro atoms. The first-order chi connectivity index (χ1) is 14.1. The molecule has 0 saturated carbocycles. The third kappa shape index (κ3) is 5.77. The van der Waals surface area contributed by atoms with E-state index in [0.29, 0.717) is 11.5 Å². The van der Waals surface area contributed by atoms with Crippen LogP contribution in [0.15, 0.2) is 54.6 Å². The Balaban J connectivity index is 1.60. The van der Waals surface area contributed by atoms with E-state index in [-0.39, 0.29) is 11.2 Å². The summed E-state index contributed by atoms with van der Waals surface area (Å²) >= 11 is 1.76. The topological polar surface area (TPSA) is 47.3 Å². The van der Waals surface area contributed by atoms with Crippen LogP contribution in [0.1, 0.15) is 31.4 Å². The van der Waals surface area contributed by atoms with E-state index in [1.807, 2.05) is 35.2 Å². The van der Waals surface area contributed by atoms with Crippen molar-refractivity contribution in [2.75, 3.05) is 31.1 Å². The molecule has 1 heterocycles. The summed E-state index contributed by atoms with van der Waals surface area (Å²) in [6, 6.07) is 20.3. The molecule has 1 fully saturated rings. The summed E-state index contributed by atoms with van der Waals surface area (Å²) < 4.78 is 0. The molecule has 3 rings (SSSR count). The number of benzene rings is 2. The van der Waals surface area contributed by atoms with Crippen LogP contribution in [0.4, 0.5) is 5.69 Å². The number of anilines is 1. The van der Waals surface area contributed by atoms with Crippen molar-refractivity contribution in [2.24, 2.45) is 5.92 Å². The van der Waals surface area contributed by atoms with E-state index in [2.05, 4.69) is 49.1 Å². The highest BCUT2D eigenvalue weighted by Gasteiger charge is 2.29. The zero-order chi connectivity index (χ0) is 20.6. The number of rotatable bonds is 6. The summed E-state index contributed by atoms with van der Waals surface area (Å²) in [6.07, 6.45) is 0.958. The van der Waals surface area contributed by atoms with Gasteiger partial charge < -0.3 is 9.80 Å². The van der Waals surface area contributed by atoms with Crippen molar-refractivity contribution in [2.45, 2.75) is 31.3 Å². The number of hydrogen-bond donors (Lipinski definition) is 0. The average Bonchev–Trinajstić information content (AvgIpc) is 3.01. The molecule has 5 heteroatoms. The Morgan fingerprint density at radius 1 is 1.03 bits per heavy atom. The minimum Gasteiger partial charge on any atom is -0.370 e. The highest BCUT2D eigenvalue weighted by Crippen LogP contribution is 2.26. The number of thioether (sulfide) groups is 1. The molecular formula is C24H29N3OS. The summed E-state index contributed by atoms with van der Waals surface area (Å²) in [4.78, 5) is 17.7. The van der Waals surface area contributed by atoms with Crippen molar-refractivity contribution in [1.82, 2.24) is 4.90 Å². The number of nitriles is 1. The summed E-state index contributed by atoms with van der Waals surface area (Å²) in [7, 11) is 0. The molecule has 0 radical (unpaired) electrons. The van der Waals surface area contributed by atoms with Gasteiger partial charge in [-0.25, -0.2) is 0 Å². The standard InChI is InChI=1S/C24H29N3OS/c1-19(2)23(29-18-21-7-4-3-5-8-21)24(28)27-14-6-13-26(15-16-27)22-11-9-20(17-25)10-12-22/h3-5,7-12,19,23H,6,13-16,18H2,1-2H3. The van der Waals surface area contributed by atoms with Gasteiger partial charge in [0.25, 0.3) is 0 Å². The van der Waals surface area contributed by atoms with E-state index < -0.39 is 0 Å². The number of nitrogens with zero attached hydrogens (tertiary/aromatic N) is 3. The first-order valence-electron chi connectivity index (χ1n) is 10.3. The van der Waals surface area contributed by atoms with Gasteiger partial charge in [0.05, 0.1) is 16.9 Å². The van der Waals surface area contributed by atoms with E-state index in [4.69, 9.17) is 5.26 Å². The number of hydrogen-bond acceptors (Lipinski definition) is 4. The number of carbonyl (C=O) groups is 1. The first kappa shape index (κ1) is 21.3. The zero-order valence-electron chi connectivity index (χ0n) is 17.3. The summed E-state index contributed by atoms with van der Waals surface area (Å²) in [6.45, 7) is 7.59. The summed E-state index contributed by atoms with van der Waals surface area (Å²) in [5, 5.41) is 8.97. The molecule has 1 saturated heterocycles. The van der Waals surface area contributed by atoms with Crippen molar-refractivity contribution < 1.29 is 4.79 Å². The fraction of sp³-hybridized carbons (Fsp3) is 0.417. The van der Waals surface area contributed by atoms with E-state index in [9.17, 15) is 4.79 Å². The molecule has 29 heavy (non-hydrogen) atoms. The number of amides is 1. The lowest BCUT2D eigenvalue weighted by molar-refractivity contribution is -0.131. The van der Waals surface area contributed by atoms with Crippen molar-refractivity contribution in [3.63, 3.8) is 0 Å². The maximum absolute atomic E-state index is 13.3. The second-order valence-corrected chi connectivity index (χ2v) is 8.92. The van der Waals surface area contributed by atoms with Crippen molar-refractivity contribution >= 4 is 23.4 Å². The minimum absolute atomic E-state index is 0.0170. The Morgan fingerprint density at radius 3 is 2.41 bits per heavy atom. The largest absolute Gasteiger partial charge is 0.370 e. The molecule has 152 valence electrons. The molecule has 2 aromatic rings. The molecule has 2 aromatic carbocycles. The lowest BCUT2D eigenvalue weighted by atomic mass is 10.1. The SMILES string of the molecule is CC(C)C(SCc1ccccc1)C(=O)N1CCCN(c2ccc(C#N)cc2)CC1. The van der Waals surface area contributed by atoms with Crippen LogP contribution in [0.5, 0.6) is 0 Å². The van der Waals surface area contributed by atoms with Crippen LogP contribution in [0, 0.1) is 17.2 Å². The Kier molecular flexibility index (Phi) is 7.60. The third-order valence-corrected chi connectivity index (χ3v) is 6.90. The minimum atomic E-state index is -0.0170. The van der Waals surface area contributed by atoms with Crippen molar-refractivity contribution in [3.8, 4) is 6.07 Å². The van der Waals surface area contributed by atoms with Gasteiger partial charge in [-0.3, -0.25) is 4.79 Å². The van der Waals surface area contributed by atoms with Crippen LogP contribution < -0.4 is 4.90 Å². The van der Waals surface area contributed by atoms with Gasteiger partial charge in [-0.15, -0.1) is 11.8 Å². The van der Waals surface area contributed by atoms with Crippen LogP contribution in [0.2, 0.25) is 0 Å². The lowest BCUT2D eigenvalue weighted by Crippen LogP contribution is -2.42. The summed E-state index contributed by atoms with van der Waals surface area (Å²) in [5.41, 5.74) is 3.06. The van der Waals surface area contributed by atoms with Gasteiger partial charge >= 0.3 is 0 Å². The number of carbonyl (C=O) groups excluding carboxylic acids is 1. The van der Waals surface area contributed by atoms with E-state index in [1.54, 1.807) is 11.8 Å². The lowest BCUT2D eigenvalue weighted by Gasteiger charge is -2.28. The fourth-order valence-electron chi connectivity index (χ4n) is 3.63. The van der Waals surface area contributed by atoms with Gasteiger partial charge in [-0.1, -0.05) is 44.2 Å². The van der Waals surface area contributed by atoms with Crippen LogP contribution >= 0.6 is 11.8 Å². The Labute approximate surface area is 178 Å². The van der Waals surface area contributed by atoms with Crippen LogP contribution in [-0.4, -0.2) is 42.2 Å². The fourth-order valence-corrected chi connectivity index (χ4v) is 4.87. The molecule has 0 bridgehead atoms. The Morgan fingerprint density at radius 2 is 1.76 bits per heavy atom. The van der Waals surface area contributed by atoms with Gasteiger partial charge in [0, 0.05) is 37.6 Å². The van der Waals surface area contributed by atoms with Crippen molar-refractivity contribution in [1.29, 1.82) is 5.26 Å².